The Kier molecular flexibility index (Phi) is 3.52. The van der Waals surface area contributed by atoms with Crippen LogP contribution in [0.4, 0.5) is 14.5 Å². The Bertz CT molecular complexity index is 495. The number of hydrogen-bond donors (Lipinski definition) is 0. The van der Waals surface area contributed by atoms with Gasteiger partial charge < -0.3 is 4.90 Å². The molecule has 2 saturated heterocycles. The molecule has 0 aromatic heterocycles. The third-order valence-electron chi connectivity index (χ3n) is 4.24. The minimum atomic E-state index is -0.548. The van der Waals surface area contributed by atoms with Crippen LogP contribution in [0, 0.1) is 11.6 Å². The molecule has 0 N–H and O–H groups in total. The topological polar surface area (TPSA) is 6.48 Å². The molecule has 2 atom stereocenters. The van der Waals surface area contributed by atoms with Crippen molar-refractivity contribution in [3.63, 3.8) is 0 Å². The van der Waals surface area contributed by atoms with Crippen LogP contribution < -0.4 is 4.90 Å². The summed E-state index contributed by atoms with van der Waals surface area (Å²) in [6.07, 6.45) is 2.40. The lowest BCUT2D eigenvalue weighted by Gasteiger charge is -2.43. The maximum Gasteiger partial charge on any atom is 0.149 e. The first-order valence-corrected chi connectivity index (χ1v) is 7.51. The molecule has 1 aromatic carbocycles. The summed E-state index contributed by atoms with van der Waals surface area (Å²) in [6.45, 7) is 5.04. The molecule has 0 spiro atoms. The third-order valence-corrected chi connectivity index (χ3v) is 4.84. The second-order valence-electron chi connectivity index (χ2n) is 5.51. The van der Waals surface area contributed by atoms with Crippen molar-refractivity contribution in [2.24, 2.45) is 0 Å². The maximum absolute atomic E-state index is 14.0. The molecule has 0 amide bonds. The molecule has 2 aliphatic heterocycles. The lowest BCUT2D eigenvalue weighted by Crippen LogP contribution is -2.55. The Morgan fingerprint density at radius 3 is 2.79 bits per heavy atom. The Labute approximate surface area is 120 Å². The van der Waals surface area contributed by atoms with Gasteiger partial charge in [0, 0.05) is 31.2 Å². The molecule has 2 nitrogen and oxygen atoms in total. The van der Waals surface area contributed by atoms with Gasteiger partial charge in [0.25, 0.3) is 0 Å². The van der Waals surface area contributed by atoms with E-state index in [9.17, 15) is 8.78 Å². The first kappa shape index (κ1) is 13.3. The van der Waals surface area contributed by atoms with Gasteiger partial charge in [-0.2, -0.15) is 0 Å². The van der Waals surface area contributed by atoms with E-state index in [4.69, 9.17) is 0 Å². The SMILES string of the molecule is CC1CN2CCCC2CN1c1cc(Br)c(F)cc1F. The standard InChI is InChI=1S/C14H17BrF2N2/c1-9-7-18-4-2-3-10(18)8-19(9)14-5-11(15)12(16)6-13(14)17/h5-6,9-10H,2-4,7-8H2,1H3. The predicted octanol–water partition coefficient (Wildman–Crippen LogP) is 3.40. The van der Waals surface area contributed by atoms with Crippen LogP contribution in [0.15, 0.2) is 16.6 Å². The van der Waals surface area contributed by atoms with Crippen LogP contribution in [-0.2, 0) is 0 Å². The Morgan fingerprint density at radius 1 is 1.21 bits per heavy atom. The maximum atomic E-state index is 14.0. The molecular formula is C14H17BrF2N2. The number of halogens is 3. The first-order chi connectivity index (χ1) is 9.06. The van der Waals surface area contributed by atoms with Gasteiger partial charge in [-0.05, 0) is 48.3 Å². The number of anilines is 1. The third kappa shape index (κ3) is 2.38. The van der Waals surface area contributed by atoms with E-state index in [0.717, 1.165) is 25.7 Å². The van der Waals surface area contributed by atoms with E-state index < -0.39 is 11.6 Å². The van der Waals surface area contributed by atoms with E-state index >= 15 is 0 Å². The average molecular weight is 331 g/mol. The zero-order valence-electron chi connectivity index (χ0n) is 10.9. The number of fused-ring (bicyclic) bond motifs is 1. The molecule has 0 aliphatic carbocycles. The second kappa shape index (κ2) is 5.02. The van der Waals surface area contributed by atoms with Crippen LogP contribution in [0.1, 0.15) is 19.8 Å². The minimum Gasteiger partial charge on any atom is -0.364 e. The molecule has 0 saturated carbocycles. The van der Waals surface area contributed by atoms with Gasteiger partial charge in [-0.15, -0.1) is 0 Å². The van der Waals surface area contributed by atoms with E-state index in [1.165, 1.54) is 12.8 Å². The van der Waals surface area contributed by atoms with Crippen LogP contribution in [0.25, 0.3) is 0 Å². The fraction of sp³-hybridized carbons (Fsp3) is 0.571. The number of rotatable bonds is 1. The highest BCUT2D eigenvalue weighted by atomic mass is 79.9. The highest BCUT2D eigenvalue weighted by molar-refractivity contribution is 9.10. The number of piperazine rings is 1. The van der Waals surface area contributed by atoms with Gasteiger partial charge in [-0.1, -0.05) is 0 Å². The molecule has 0 radical (unpaired) electrons. The predicted molar refractivity (Wildman–Crippen MR) is 75.5 cm³/mol. The average Bonchev–Trinajstić information content (AvgIpc) is 2.80. The molecule has 1 aromatic rings. The minimum absolute atomic E-state index is 0.251. The van der Waals surface area contributed by atoms with Gasteiger partial charge in [-0.25, -0.2) is 8.78 Å². The Morgan fingerprint density at radius 2 is 2.00 bits per heavy atom. The van der Waals surface area contributed by atoms with Crippen molar-refractivity contribution in [3.05, 3.63) is 28.2 Å². The summed E-state index contributed by atoms with van der Waals surface area (Å²) in [6, 6.07) is 3.29. The van der Waals surface area contributed by atoms with Crippen LogP contribution in [-0.4, -0.2) is 36.6 Å². The van der Waals surface area contributed by atoms with Crippen molar-refractivity contribution >= 4 is 21.6 Å². The van der Waals surface area contributed by atoms with E-state index in [-0.39, 0.29) is 6.04 Å². The Hall–Kier alpha value is -0.680. The second-order valence-corrected chi connectivity index (χ2v) is 6.36. The van der Waals surface area contributed by atoms with Crippen molar-refractivity contribution in [1.82, 2.24) is 4.90 Å². The number of benzene rings is 1. The van der Waals surface area contributed by atoms with Gasteiger partial charge >= 0.3 is 0 Å². The molecule has 2 heterocycles. The zero-order valence-corrected chi connectivity index (χ0v) is 12.5. The summed E-state index contributed by atoms with van der Waals surface area (Å²) < 4.78 is 27.7. The number of nitrogens with zero attached hydrogens (tertiary/aromatic N) is 2. The van der Waals surface area contributed by atoms with E-state index in [1.807, 2.05) is 0 Å². The summed E-state index contributed by atoms with van der Waals surface area (Å²) in [7, 11) is 0. The highest BCUT2D eigenvalue weighted by Crippen LogP contribution is 2.32. The van der Waals surface area contributed by atoms with Gasteiger partial charge in [0.1, 0.15) is 11.6 Å². The van der Waals surface area contributed by atoms with Crippen molar-refractivity contribution < 1.29 is 8.78 Å². The van der Waals surface area contributed by atoms with Gasteiger partial charge in [0.15, 0.2) is 0 Å². The fourth-order valence-electron chi connectivity index (χ4n) is 3.26. The Balaban J connectivity index is 1.91. The first-order valence-electron chi connectivity index (χ1n) is 6.71. The summed E-state index contributed by atoms with van der Waals surface area (Å²) in [5, 5.41) is 0. The lowest BCUT2D eigenvalue weighted by molar-refractivity contribution is 0.202. The molecule has 2 unspecified atom stereocenters. The summed E-state index contributed by atoms with van der Waals surface area (Å²) in [5.41, 5.74) is 0.507. The monoisotopic (exact) mass is 330 g/mol. The van der Waals surface area contributed by atoms with Gasteiger partial charge in [0.05, 0.1) is 10.2 Å². The van der Waals surface area contributed by atoms with Crippen molar-refractivity contribution in [2.45, 2.75) is 31.8 Å². The van der Waals surface area contributed by atoms with Gasteiger partial charge in [-0.3, -0.25) is 4.90 Å². The van der Waals surface area contributed by atoms with Crippen molar-refractivity contribution in [1.29, 1.82) is 0 Å². The molecule has 104 valence electrons. The largest absolute Gasteiger partial charge is 0.364 e. The van der Waals surface area contributed by atoms with Crippen LogP contribution >= 0.6 is 15.9 Å². The van der Waals surface area contributed by atoms with Crippen LogP contribution in [0.2, 0.25) is 0 Å². The molecule has 0 bridgehead atoms. The fourth-order valence-corrected chi connectivity index (χ4v) is 3.59. The molecule has 5 heteroatoms. The molecule has 2 fully saturated rings. The quantitative estimate of drug-likeness (QED) is 0.728. The lowest BCUT2D eigenvalue weighted by atomic mass is 10.1. The molecular weight excluding hydrogens is 314 g/mol. The molecule has 3 rings (SSSR count). The van der Waals surface area contributed by atoms with E-state index in [0.29, 0.717) is 16.2 Å². The van der Waals surface area contributed by atoms with Crippen LogP contribution in [0.5, 0.6) is 0 Å². The summed E-state index contributed by atoms with van der Waals surface area (Å²) >= 11 is 3.14. The smallest absolute Gasteiger partial charge is 0.149 e. The van der Waals surface area contributed by atoms with Crippen LogP contribution in [0.3, 0.4) is 0 Å². The van der Waals surface area contributed by atoms with E-state index in [2.05, 4.69) is 32.7 Å². The number of hydrogen-bond acceptors (Lipinski definition) is 2. The van der Waals surface area contributed by atoms with Gasteiger partial charge in [0.2, 0.25) is 0 Å². The zero-order chi connectivity index (χ0) is 13.6. The highest BCUT2D eigenvalue weighted by Gasteiger charge is 2.35. The normalized spacial score (nSPS) is 27.7. The van der Waals surface area contributed by atoms with Crippen molar-refractivity contribution in [3.8, 4) is 0 Å². The van der Waals surface area contributed by atoms with E-state index in [1.54, 1.807) is 6.07 Å². The molecule has 19 heavy (non-hydrogen) atoms. The summed E-state index contributed by atoms with van der Waals surface area (Å²) in [5.74, 6) is -1.02. The van der Waals surface area contributed by atoms with Crippen molar-refractivity contribution in [2.75, 3.05) is 24.5 Å². The molecule has 2 aliphatic rings. The summed E-state index contributed by atoms with van der Waals surface area (Å²) in [4.78, 5) is 4.56.